The molecule has 0 unspecified atom stereocenters. The largest absolute Gasteiger partial charge is 0.368 e. The average molecular weight is 347 g/mol. The van der Waals surface area contributed by atoms with Gasteiger partial charge < -0.3 is 5.73 Å². The zero-order chi connectivity index (χ0) is 18.1. The van der Waals surface area contributed by atoms with Gasteiger partial charge in [-0.05, 0) is 53.7 Å². The number of nitrogens with two attached hydrogens (primary N) is 1. The van der Waals surface area contributed by atoms with E-state index in [4.69, 9.17) is 5.73 Å². The van der Waals surface area contributed by atoms with Crippen molar-refractivity contribution in [3.8, 4) is 28.3 Å². The number of hydrogen-bond donors (Lipinski definition) is 1. The third-order valence-corrected chi connectivity index (χ3v) is 3.91. The predicted molar refractivity (Wildman–Crippen MR) is 94.7 cm³/mol. The fraction of sp³-hybridized carbons (Fsp3) is 0.0556. The van der Waals surface area contributed by atoms with Crippen molar-refractivity contribution in [1.82, 2.24) is 30.2 Å². The summed E-state index contributed by atoms with van der Waals surface area (Å²) in [7, 11) is 0. The number of aromatic nitrogens is 6. The lowest BCUT2D eigenvalue weighted by molar-refractivity contribution is 0.628. The van der Waals surface area contributed by atoms with Gasteiger partial charge in [-0.1, -0.05) is 17.7 Å². The average Bonchev–Trinajstić information content (AvgIpc) is 3.12. The molecule has 0 radical (unpaired) electrons. The number of nitrogen functional groups attached to an aromatic ring is 1. The molecule has 0 saturated heterocycles. The van der Waals surface area contributed by atoms with Crippen LogP contribution in [-0.2, 0) is 0 Å². The van der Waals surface area contributed by atoms with E-state index >= 15 is 0 Å². The molecule has 4 rings (SSSR count). The van der Waals surface area contributed by atoms with Gasteiger partial charge in [-0.3, -0.25) is 0 Å². The Hall–Kier alpha value is -3.68. The normalized spacial score (nSPS) is 10.8. The maximum absolute atomic E-state index is 13.3. The van der Waals surface area contributed by atoms with Gasteiger partial charge in [0.1, 0.15) is 5.82 Å². The molecule has 0 atom stereocenters. The minimum atomic E-state index is -0.332. The second-order valence-electron chi connectivity index (χ2n) is 5.75. The van der Waals surface area contributed by atoms with Crippen LogP contribution in [-0.4, -0.2) is 30.2 Å². The van der Waals surface area contributed by atoms with Crippen LogP contribution in [0.3, 0.4) is 0 Å². The van der Waals surface area contributed by atoms with E-state index in [9.17, 15) is 4.39 Å². The SMILES string of the molecule is Cc1ccc(-n2nnnc2-c2cnc(N)nc2-c2ccc(F)cc2)cc1. The van der Waals surface area contributed by atoms with Gasteiger partial charge in [-0.2, -0.15) is 4.68 Å². The molecule has 2 aromatic carbocycles. The molecule has 8 heteroatoms. The topological polar surface area (TPSA) is 95.4 Å². The molecule has 0 aliphatic heterocycles. The Labute approximate surface area is 148 Å². The Bertz CT molecular complexity index is 1060. The Morgan fingerprint density at radius 3 is 2.46 bits per heavy atom. The third kappa shape index (κ3) is 2.88. The number of halogens is 1. The standard InChI is InChI=1S/C18H14FN7/c1-11-2-8-14(9-3-11)26-17(23-24-25-26)15-10-21-18(20)22-16(15)12-4-6-13(19)7-5-12/h2-10H,1H3,(H2,20,21,22). The van der Waals surface area contributed by atoms with Gasteiger partial charge in [-0.15, -0.1) is 5.10 Å². The fourth-order valence-corrected chi connectivity index (χ4v) is 2.60. The molecule has 0 saturated carbocycles. The van der Waals surface area contributed by atoms with E-state index in [2.05, 4.69) is 25.5 Å². The van der Waals surface area contributed by atoms with Gasteiger partial charge in [-0.25, -0.2) is 14.4 Å². The molecular formula is C18H14FN7. The van der Waals surface area contributed by atoms with Crippen molar-refractivity contribution >= 4 is 5.95 Å². The van der Waals surface area contributed by atoms with Crippen molar-refractivity contribution in [1.29, 1.82) is 0 Å². The summed E-state index contributed by atoms with van der Waals surface area (Å²) in [6, 6.07) is 13.8. The van der Waals surface area contributed by atoms with Gasteiger partial charge in [0.15, 0.2) is 5.82 Å². The fourth-order valence-electron chi connectivity index (χ4n) is 2.60. The van der Waals surface area contributed by atoms with Crippen molar-refractivity contribution in [2.75, 3.05) is 5.73 Å². The summed E-state index contributed by atoms with van der Waals surface area (Å²) < 4.78 is 14.9. The Morgan fingerprint density at radius 2 is 1.73 bits per heavy atom. The first-order valence-electron chi connectivity index (χ1n) is 7.86. The summed E-state index contributed by atoms with van der Waals surface area (Å²) in [4.78, 5) is 8.38. The monoisotopic (exact) mass is 347 g/mol. The summed E-state index contributed by atoms with van der Waals surface area (Å²) in [6.07, 6.45) is 1.57. The minimum Gasteiger partial charge on any atom is -0.368 e. The maximum Gasteiger partial charge on any atom is 0.220 e. The highest BCUT2D eigenvalue weighted by Gasteiger charge is 2.18. The van der Waals surface area contributed by atoms with E-state index < -0.39 is 0 Å². The zero-order valence-electron chi connectivity index (χ0n) is 13.8. The highest BCUT2D eigenvalue weighted by molar-refractivity contribution is 5.78. The number of tetrazole rings is 1. The molecule has 0 aliphatic rings. The second-order valence-corrected chi connectivity index (χ2v) is 5.75. The van der Waals surface area contributed by atoms with Crippen LogP contribution in [0.2, 0.25) is 0 Å². The lowest BCUT2D eigenvalue weighted by Gasteiger charge is -2.10. The number of rotatable bonds is 3. The lowest BCUT2D eigenvalue weighted by atomic mass is 10.1. The predicted octanol–water partition coefficient (Wildman–Crippen LogP) is 2.82. The molecule has 0 aliphatic carbocycles. The molecule has 4 aromatic rings. The van der Waals surface area contributed by atoms with Crippen LogP contribution in [0.1, 0.15) is 5.56 Å². The van der Waals surface area contributed by atoms with E-state index in [1.807, 2.05) is 31.2 Å². The zero-order valence-corrected chi connectivity index (χ0v) is 13.8. The summed E-state index contributed by atoms with van der Waals surface area (Å²) in [5.74, 6) is 0.248. The van der Waals surface area contributed by atoms with Crippen molar-refractivity contribution in [3.05, 3.63) is 66.1 Å². The molecule has 0 spiro atoms. The number of nitrogens with zero attached hydrogens (tertiary/aromatic N) is 6. The highest BCUT2D eigenvalue weighted by Crippen LogP contribution is 2.30. The van der Waals surface area contributed by atoms with E-state index in [-0.39, 0.29) is 11.8 Å². The molecule has 0 amide bonds. The highest BCUT2D eigenvalue weighted by atomic mass is 19.1. The van der Waals surface area contributed by atoms with Gasteiger partial charge in [0, 0.05) is 11.8 Å². The quantitative estimate of drug-likeness (QED) is 0.612. The van der Waals surface area contributed by atoms with Gasteiger partial charge in [0.05, 0.1) is 16.9 Å². The summed E-state index contributed by atoms with van der Waals surface area (Å²) in [5.41, 5.74) is 9.50. The van der Waals surface area contributed by atoms with Crippen LogP contribution in [0, 0.1) is 12.7 Å². The molecule has 0 bridgehead atoms. The summed E-state index contributed by atoms with van der Waals surface area (Å²) >= 11 is 0. The lowest BCUT2D eigenvalue weighted by Crippen LogP contribution is -2.04. The first kappa shape index (κ1) is 15.8. The third-order valence-electron chi connectivity index (χ3n) is 3.91. The van der Waals surface area contributed by atoms with Crippen LogP contribution >= 0.6 is 0 Å². The number of aryl methyl sites for hydroxylation is 1. The van der Waals surface area contributed by atoms with Crippen molar-refractivity contribution in [2.24, 2.45) is 0 Å². The molecule has 7 nitrogen and oxygen atoms in total. The Morgan fingerprint density at radius 1 is 1.00 bits per heavy atom. The van der Waals surface area contributed by atoms with Gasteiger partial charge >= 0.3 is 0 Å². The number of benzene rings is 2. The van der Waals surface area contributed by atoms with Crippen LogP contribution in [0.4, 0.5) is 10.3 Å². The van der Waals surface area contributed by atoms with Gasteiger partial charge in [0.2, 0.25) is 5.95 Å². The second kappa shape index (κ2) is 6.32. The number of hydrogen-bond acceptors (Lipinski definition) is 6. The minimum absolute atomic E-state index is 0.113. The van der Waals surface area contributed by atoms with Crippen LogP contribution in [0.15, 0.2) is 54.7 Å². The molecule has 128 valence electrons. The van der Waals surface area contributed by atoms with Crippen LogP contribution in [0.5, 0.6) is 0 Å². The van der Waals surface area contributed by atoms with E-state index in [1.54, 1.807) is 23.0 Å². The van der Waals surface area contributed by atoms with Crippen LogP contribution < -0.4 is 5.73 Å². The summed E-state index contributed by atoms with van der Waals surface area (Å²) in [5, 5.41) is 12.0. The molecule has 2 aromatic heterocycles. The van der Waals surface area contributed by atoms with Gasteiger partial charge in [0.25, 0.3) is 0 Å². The van der Waals surface area contributed by atoms with E-state index in [1.165, 1.54) is 12.1 Å². The van der Waals surface area contributed by atoms with Crippen molar-refractivity contribution in [2.45, 2.75) is 6.92 Å². The number of anilines is 1. The molecule has 2 heterocycles. The van der Waals surface area contributed by atoms with Crippen LogP contribution in [0.25, 0.3) is 28.3 Å². The molecule has 26 heavy (non-hydrogen) atoms. The maximum atomic E-state index is 13.3. The molecule has 2 N–H and O–H groups in total. The molecule has 0 fully saturated rings. The summed E-state index contributed by atoms with van der Waals surface area (Å²) in [6.45, 7) is 2.00. The first-order chi connectivity index (χ1) is 12.6. The Kier molecular flexibility index (Phi) is 3.85. The Balaban J connectivity index is 1.89. The van der Waals surface area contributed by atoms with Crippen molar-refractivity contribution in [3.63, 3.8) is 0 Å². The molecular weight excluding hydrogens is 333 g/mol. The smallest absolute Gasteiger partial charge is 0.220 e. The first-order valence-corrected chi connectivity index (χ1v) is 7.86. The van der Waals surface area contributed by atoms with E-state index in [0.717, 1.165) is 11.3 Å². The van der Waals surface area contributed by atoms with E-state index in [0.29, 0.717) is 22.6 Å². The van der Waals surface area contributed by atoms with Crippen molar-refractivity contribution < 1.29 is 4.39 Å².